The van der Waals surface area contributed by atoms with E-state index in [0.29, 0.717) is 17.7 Å². The van der Waals surface area contributed by atoms with E-state index in [4.69, 9.17) is 0 Å². The second kappa shape index (κ2) is 10.2. The van der Waals surface area contributed by atoms with Crippen molar-refractivity contribution >= 4 is 23.6 Å². The zero-order valence-corrected chi connectivity index (χ0v) is 16.9. The van der Waals surface area contributed by atoms with Crippen LogP contribution in [0, 0.1) is 6.92 Å². The Morgan fingerprint density at radius 3 is 2.52 bits per heavy atom. The SMILES string of the molecule is CCCc1ccc(C(=O)NC(CCSC)C(=O)O)c(-c2ccccc2C)c1. The molecular formula is C22H27NO3S. The lowest BCUT2D eigenvalue weighted by molar-refractivity contribution is -0.139. The maximum Gasteiger partial charge on any atom is 0.326 e. The number of rotatable bonds is 9. The van der Waals surface area contributed by atoms with E-state index in [1.165, 1.54) is 5.56 Å². The molecule has 0 aliphatic rings. The van der Waals surface area contributed by atoms with Crippen LogP contribution >= 0.6 is 11.8 Å². The third kappa shape index (κ3) is 5.60. The Hall–Kier alpha value is -2.27. The molecule has 2 aromatic carbocycles. The number of hydrogen-bond acceptors (Lipinski definition) is 3. The minimum absolute atomic E-state index is 0.343. The van der Waals surface area contributed by atoms with Crippen molar-refractivity contribution in [1.29, 1.82) is 0 Å². The van der Waals surface area contributed by atoms with Crippen LogP contribution in [-0.4, -0.2) is 35.0 Å². The number of carbonyl (C=O) groups excluding carboxylic acids is 1. The van der Waals surface area contributed by atoms with Crippen LogP contribution in [0.3, 0.4) is 0 Å². The zero-order valence-electron chi connectivity index (χ0n) is 16.1. The highest BCUT2D eigenvalue weighted by Gasteiger charge is 2.22. The first kappa shape index (κ1) is 21.0. The van der Waals surface area contributed by atoms with E-state index in [1.807, 2.05) is 49.6 Å². The van der Waals surface area contributed by atoms with Gasteiger partial charge in [0.15, 0.2) is 0 Å². The summed E-state index contributed by atoms with van der Waals surface area (Å²) < 4.78 is 0. The summed E-state index contributed by atoms with van der Waals surface area (Å²) in [7, 11) is 0. The molecule has 144 valence electrons. The Kier molecular flexibility index (Phi) is 7.92. The topological polar surface area (TPSA) is 66.4 Å². The van der Waals surface area contributed by atoms with Crippen molar-refractivity contribution in [2.75, 3.05) is 12.0 Å². The van der Waals surface area contributed by atoms with Gasteiger partial charge in [0, 0.05) is 5.56 Å². The number of aryl methyl sites for hydroxylation is 2. The van der Waals surface area contributed by atoms with Gasteiger partial charge in [-0.1, -0.05) is 49.7 Å². The number of amides is 1. The molecule has 4 nitrogen and oxygen atoms in total. The van der Waals surface area contributed by atoms with Gasteiger partial charge >= 0.3 is 5.97 Å². The lowest BCUT2D eigenvalue weighted by Gasteiger charge is -2.17. The molecule has 0 heterocycles. The fraction of sp³-hybridized carbons (Fsp3) is 0.364. The maximum atomic E-state index is 12.9. The lowest BCUT2D eigenvalue weighted by Crippen LogP contribution is -2.41. The van der Waals surface area contributed by atoms with Crippen LogP contribution in [0.4, 0.5) is 0 Å². The summed E-state index contributed by atoms with van der Waals surface area (Å²) in [6, 6.07) is 12.9. The molecule has 2 rings (SSSR count). The lowest BCUT2D eigenvalue weighted by atomic mass is 9.92. The van der Waals surface area contributed by atoms with Crippen molar-refractivity contribution in [3.8, 4) is 11.1 Å². The molecule has 0 aromatic heterocycles. The summed E-state index contributed by atoms with van der Waals surface area (Å²) in [5.74, 6) is -0.667. The van der Waals surface area contributed by atoms with Crippen LogP contribution in [-0.2, 0) is 11.2 Å². The fourth-order valence-corrected chi connectivity index (χ4v) is 3.53. The van der Waals surface area contributed by atoms with Crippen LogP contribution in [0.25, 0.3) is 11.1 Å². The number of carboxylic acid groups (broad SMARTS) is 1. The summed E-state index contributed by atoms with van der Waals surface area (Å²) >= 11 is 1.57. The van der Waals surface area contributed by atoms with Gasteiger partial charge in [-0.2, -0.15) is 11.8 Å². The van der Waals surface area contributed by atoms with E-state index in [0.717, 1.165) is 29.5 Å². The highest BCUT2D eigenvalue weighted by atomic mass is 32.2. The molecule has 1 atom stereocenters. The molecule has 27 heavy (non-hydrogen) atoms. The van der Waals surface area contributed by atoms with E-state index < -0.39 is 12.0 Å². The van der Waals surface area contributed by atoms with Crippen molar-refractivity contribution in [3.63, 3.8) is 0 Å². The molecule has 0 radical (unpaired) electrons. The van der Waals surface area contributed by atoms with E-state index in [-0.39, 0.29) is 5.91 Å². The third-order valence-electron chi connectivity index (χ3n) is 4.52. The first-order chi connectivity index (χ1) is 13.0. The summed E-state index contributed by atoms with van der Waals surface area (Å²) in [5.41, 5.74) is 4.61. The summed E-state index contributed by atoms with van der Waals surface area (Å²) in [5, 5.41) is 12.1. The van der Waals surface area contributed by atoms with E-state index in [9.17, 15) is 14.7 Å². The molecule has 0 saturated heterocycles. The predicted octanol–water partition coefficient (Wildman–Crippen LogP) is 4.55. The Labute approximate surface area is 165 Å². The molecule has 0 spiro atoms. The highest BCUT2D eigenvalue weighted by Crippen LogP contribution is 2.28. The second-order valence-electron chi connectivity index (χ2n) is 6.59. The smallest absolute Gasteiger partial charge is 0.326 e. The second-order valence-corrected chi connectivity index (χ2v) is 7.58. The first-order valence-electron chi connectivity index (χ1n) is 9.19. The number of carbonyl (C=O) groups is 2. The first-order valence-corrected chi connectivity index (χ1v) is 10.6. The average Bonchev–Trinajstić information content (AvgIpc) is 2.65. The van der Waals surface area contributed by atoms with Crippen LogP contribution in [0.2, 0.25) is 0 Å². The number of thioether (sulfide) groups is 1. The number of aliphatic carboxylic acids is 1. The van der Waals surface area contributed by atoms with Crippen LogP contribution < -0.4 is 5.32 Å². The Bertz CT molecular complexity index is 804. The van der Waals surface area contributed by atoms with Crippen molar-refractivity contribution in [2.24, 2.45) is 0 Å². The van der Waals surface area contributed by atoms with Crippen molar-refractivity contribution in [2.45, 2.75) is 39.2 Å². The zero-order chi connectivity index (χ0) is 19.8. The molecule has 0 bridgehead atoms. The molecule has 2 N–H and O–H groups in total. The number of hydrogen-bond donors (Lipinski definition) is 2. The van der Waals surface area contributed by atoms with Gasteiger partial charge in [-0.25, -0.2) is 4.79 Å². The molecule has 0 saturated carbocycles. The van der Waals surface area contributed by atoms with Gasteiger partial charge in [0.1, 0.15) is 6.04 Å². The molecule has 0 aliphatic heterocycles. The number of carboxylic acids is 1. The van der Waals surface area contributed by atoms with Gasteiger partial charge in [0.05, 0.1) is 0 Å². The van der Waals surface area contributed by atoms with Gasteiger partial charge in [0.25, 0.3) is 5.91 Å². The fourth-order valence-electron chi connectivity index (χ4n) is 3.06. The monoisotopic (exact) mass is 385 g/mol. The van der Waals surface area contributed by atoms with Gasteiger partial charge in [0.2, 0.25) is 0 Å². The number of benzene rings is 2. The summed E-state index contributed by atoms with van der Waals surface area (Å²) in [6.45, 7) is 4.14. The van der Waals surface area contributed by atoms with Gasteiger partial charge in [-0.3, -0.25) is 4.79 Å². The van der Waals surface area contributed by atoms with Crippen molar-refractivity contribution in [3.05, 3.63) is 59.2 Å². The standard InChI is InChI=1S/C22H27NO3S/c1-4-7-16-10-11-18(19(14-16)17-9-6-5-8-15(17)2)21(24)23-20(22(25)26)12-13-27-3/h5-6,8-11,14,20H,4,7,12-13H2,1-3H3,(H,23,24)(H,25,26). The Morgan fingerprint density at radius 2 is 1.89 bits per heavy atom. The summed E-state index contributed by atoms with van der Waals surface area (Å²) in [6.07, 6.45) is 4.28. The molecule has 0 aliphatic carbocycles. The minimum atomic E-state index is -1.00. The molecule has 2 aromatic rings. The van der Waals surface area contributed by atoms with Gasteiger partial charge in [-0.15, -0.1) is 0 Å². The van der Waals surface area contributed by atoms with E-state index >= 15 is 0 Å². The minimum Gasteiger partial charge on any atom is -0.480 e. The number of nitrogens with one attached hydrogen (secondary N) is 1. The van der Waals surface area contributed by atoms with E-state index in [2.05, 4.69) is 18.3 Å². The highest BCUT2D eigenvalue weighted by molar-refractivity contribution is 7.98. The predicted molar refractivity (Wildman–Crippen MR) is 112 cm³/mol. The van der Waals surface area contributed by atoms with Crippen LogP contribution in [0.15, 0.2) is 42.5 Å². The van der Waals surface area contributed by atoms with Gasteiger partial charge < -0.3 is 10.4 Å². The molecule has 1 amide bonds. The summed E-state index contributed by atoms with van der Waals surface area (Å²) in [4.78, 5) is 24.4. The molecule has 5 heteroatoms. The van der Waals surface area contributed by atoms with Gasteiger partial charge in [-0.05, 0) is 60.1 Å². The maximum absolute atomic E-state index is 12.9. The van der Waals surface area contributed by atoms with E-state index in [1.54, 1.807) is 11.8 Å². The molecule has 0 fully saturated rings. The Morgan fingerprint density at radius 1 is 1.15 bits per heavy atom. The van der Waals surface area contributed by atoms with Crippen molar-refractivity contribution in [1.82, 2.24) is 5.32 Å². The largest absolute Gasteiger partial charge is 0.480 e. The van der Waals surface area contributed by atoms with Crippen molar-refractivity contribution < 1.29 is 14.7 Å². The quantitative estimate of drug-likeness (QED) is 0.664. The third-order valence-corrected chi connectivity index (χ3v) is 5.16. The van der Waals surface area contributed by atoms with Crippen LogP contribution in [0.5, 0.6) is 0 Å². The normalized spacial score (nSPS) is 11.8. The Balaban J connectivity index is 2.41. The molecule has 1 unspecified atom stereocenters. The average molecular weight is 386 g/mol. The van der Waals surface area contributed by atoms with Crippen LogP contribution in [0.1, 0.15) is 41.3 Å². The molecular weight excluding hydrogens is 358 g/mol.